The van der Waals surface area contributed by atoms with Crippen LogP contribution in [-0.4, -0.2) is 19.7 Å². The van der Waals surface area contributed by atoms with Gasteiger partial charge in [0.15, 0.2) is 0 Å². The molecular weight excluding hydrogens is 200 g/mol. The van der Waals surface area contributed by atoms with Gasteiger partial charge in [-0.25, -0.2) is 0 Å². The van der Waals surface area contributed by atoms with Gasteiger partial charge in [-0.15, -0.1) is 0 Å². The van der Waals surface area contributed by atoms with E-state index in [-0.39, 0.29) is 0 Å². The van der Waals surface area contributed by atoms with Crippen molar-refractivity contribution >= 4 is 5.69 Å². The summed E-state index contributed by atoms with van der Waals surface area (Å²) < 4.78 is 5.13. The molecule has 90 valence electrons. The molecule has 3 nitrogen and oxygen atoms in total. The smallest absolute Gasteiger partial charge is 0.141 e. The van der Waals surface area contributed by atoms with Gasteiger partial charge in [-0.05, 0) is 44.0 Å². The molecule has 1 unspecified atom stereocenters. The lowest BCUT2D eigenvalue weighted by atomic mass is 10.1. The van der Waals surface area contributed by atoms with Crippen LogP contribution in [0.4, 0.5) is 5.69 Å². The quantitative estimate of drug-likeness (QED) is 0.725. The van der Waals surface area contributed by atoms with Crippen LogP contribution in [0, 0.1) is 0 Å². The number of rotatable bonds is 6. The van der Waals surface area contributed by atoms with Gasteiger partial charge in [-0.2, -0.15) is 0 Å². The Morgan fingerprint density at radius 1 is 1.44 bits per heavy atom. The zero-order valence-electron chi connectivity index (χ0n) is 10.4. The maximum Gasteiger partial charge on any atom is 0.141 e. The van der Waals surface area contributed by atoms with Gasteiger partial charge in [0.25, 0.3) is 0 Å². The van der Waals surface area contributed by atoms with Crippen LogP contribution < -0.4 is 15.8 Å². The van der Waals surface area contributed by atoms with Gasteiger partial charge in [0.2, 0.25) is 0 Å². The van der Waals surface area contributed by atoms with Crippen LogP contribution in [0.1, 0.15) is 25.8 Å². The van der Waals surface area contributed by atoms with Gasteiger partial charge >= 0.3 is 0 Å². The molecule has 0 aliphatic heterocycles. The third-order valence-electron chi connectivity index (χ3n) is 2.58. The predicted molar refractivity (Wildman–Crippen MR) is 68.9 cm³/mol. The molecule has 3 N–H and O–H groups in total. The summed E-state index contributed by atoms with van der Waals surface area (Å²) in [5.41, 5.74) is 7.82. The summed E-state index contributed by atoms with van der Waals surface area (Å²) in [5.74, 6) is 0.748. The summed E-state index contributed by atoms with van der Waals surface area (Å²) in [6.45, 7) is 5.42. The standard InChI is InChI=1S/C13H22N2O/c1-4-7-15-10(2)8-11-5-6-13(16-3)12(14)9-11/h5-6,9-10,15H,4,7-8,14H2,1-3H3. The molecule has 0 aromatic heterocycles. The van der Waals surface area contributed by atoms with Gasteiger partial charge < -0.3 is 15.8 Å². The van der Waals surface area contributed by atoms with E-state index < -0.39 is 0 Å². The molecule has 0 fully saturated rings. The number of anilines is 1. The van der Waals surface area contributed by atoms with Crippen LogP contribution in [0.15, 0.2) is 18.2 Å². The molecule has 0 aliphatic carbocycles. The van der Waals surface area contributed by atoms with E-state index in [0.29, 0.717) is 11.7 Å². The SMILES string of the molecule is CCCNC(C)Cc1ccc(OC)c(N)c1. The average molecular weight is 222 g/mol. The van der Waals surface area contributed by atoms with Crippen molar-refractivity contribution in [3.63, 3.8) is 0 Å². The topological polar surface area (TPSA) is 47.3 Å². The molecule has 0 bridgehead atoms. The third kappa shape index (κ3) is 3.74. The molecule has 0 saturated carbocycles. The Balaban J connectivity index is 2.57. The molecule has 0 saturated heterocycles. The molecule has 3 heteroatoms. The van der Waals surface area contributed by atoms with E-state index in [1.807, 2.05) is 12.1 Å². The second-order valence-corrected chi connectivity index (χ2v) is 4.14. The molecule has 0 amide bonds. The summed E-state index contributed by atoms with van der Waals surface area (Å²) >= 11 is 0. The zero-order valence-corrected chi connectivity index (χ0v) is 10.4. The number of hydrogen-bond donors (Lipinski definition) is 2. The molecule has 0 heterocycles. The lowest BCUT2D eigenvalue weighted by Gasteiger charge is -2.14. The Labute approximate surface area is 98.0 Å². The molecular formula is C13H22N2O. The number of nitrogens with one attached hydrogen (secondary N) is 1. The number of ether oxygens (including phenoxy) is 1. The van der Waals surface area contributed by atoms with E-state index in [0.717, 1.165) is 25.1 Å². The average Bonchev–Trinajstić information content (AvgIpc) is 2.26. The Kier molecular flexibility index (Phi) is 5.12. The number of nitrogens with two attached hydrogens (primary N) is 1. The fourth-order valence-electron chi connectivity index (χ4n) is 1.73. The van der Waals surface area contributed by atoms with E-state index in [2.05, 4.69) is 25.2 Å². The Morgan fingerprint density at radius 2 is 2.19 bits per heavy atom. The van der Waals surface area contributed by atoms with Gasteiger partial charge in [0, 0.05) is 6.04 Å². The fourth-order valence-corrected chi connectivity index (χ4v) is 1.73. The Bertz CT molecular complexity index is 326. The summed E-state index contributed by atoms with van der Waals surface area (Å²) in [4.78, 5) is 0. The first-order chi connectivity index (χ1) is 7.67. The van der Waals surface area contributed by atoms with E-state index in [1.54, 1.807) is 7.11 Å². The number of benzene rings is 1. The summed E-state index contributed by atoms with van der Waals surface area (Å²) in [7, 11) is 1.64. The second kappa shape index (κ2) is 6.38. The minimum absolute atomic E-state index is 0.479. The largest absolute Gasteiger partial charge is 0.495 e. The maximum absolute atomic E-state index is 5.86. The molecule has 1 atom stereocenters. The van der Waals surface area contributed by atoms with Crippen LogP contribution in [-0.2, 0) is 6.42 Å². The minimum atomic E-state index is 0.479. The Hall–Kier alpha value is -1.22. The minimum Gasteiger partial charge on any atom is -0.495 e. The number of methoxy groups -OCH3 is 1. The summed E-state index contributed by atoms with van der Waals surface area (Å²) in [5, 5.41) is 3.46. The Morgan fingerprint density at radius 3 is 2.75 bits per heavy atom. The molecule has 0 aliphatic rings. The summed E-state index contributed by atoms with van der Waals surface area (Å²) in [6, 6.07) is 6.46. The van der Waals surface area contributed by atoms with E-state index in [1.165, 1.54) is 5.56 Å². The van der Waals surface area contributed by atoms with Crippen molar-refractivity contribution in [3.8, 4) is 5.75 Å². The van der Waals surface area contributed by atoms with Crippen LogP contribution in [0.5, 0.6) is 5.75 Å². The van der Waals surface area contributed by atoms with E-state index in [4.69, 9.17) is 10.5 Å². The highest BCUT2D eigenvalue weighted by atomic mass is 16.5. The monoisotopic (exact) mass is 222 g/mol. The lowest BCUT2D eigenvalue weighted by molar-refractivity contribution is 0.416. The zero-order chi connectivity index (χ0) is 12.0. The summed E-state index contributed by atoms with van der Waals surface area (Å²) in [6.07, 6.45) is 2.16. The molecule has 0 spiro atoms. The first-order valence-electron chi connectivity index (χ1n) is 5.83. The molecule has 16 heavy (non-hydrogen) atoms. The third-order valence-corrected chi connectivity index (χ3v) is 2.58. The molecule has 1 rings (SSSR count). The van der Waals surface area contributed by atoms with Crippen LogP contribution in [0.3, 0.4) is 0 Å². The van der Waals surface area contributed by atoms with Crippen molar-refractivity contribution in [2.24, 2.45) is 0 Å². The highest BCUT2D eigenvalue weighted by molar-refractivity contribution is 5.54. The van der Waals surface area contributed by atoms with Crippen LogP contribution in [0.25, 0.3) is 0 Å². The maximum atomic E-state index is 5.86. The second-order valence-electron chi connectivity index (χ2n) is 4.14. The van der Waals surface area contributed by atoms with Crippen molar-refractivity contribution in [2.45, 2.75) is 32.7 Å². The highest BCUT2D eigenvalue weighted by Gasteiger charge is 2.05. The van der Waals surface area contributed by atoms with Crippen LogP contribution in [0.2, 0.25) is 0 Å². The first kappa shape index (κ1) is 12.8. The van der Waals surface area contributed by atoms with Gasteiger partial charge in [-0.3, -0.25) is 0 Å². The van der Waals surface area contributed by atoms with Crippen molar-refractivity contribution in [3.05, 3.63) is 23.8 Å². The lowest BCUT2D eigenvalue weighted by Crippen LogP contribution is -2.28. The van der Waals surface area contributed by atoms with E-state index >= 15 is 0 Å². The normalized spacial score (nSPS) is 12.4. The highest BCUT2D eigenvalue weighted by Crippen LogP contribution is 2.22. The van der Waals surface area contributed by atoms with Gasteiger partial charge in [0.1, 0.15) is 5.75 Å². The van der Waals surface area contributed by atoms with Gasteiger partial charge in [0.05, 0.1) is 12.8 Å². The number of nitrogen functional groups attached to an aromatic ring is 1. The number of hydrogen-bond acceptors (Lipinski definition) is 3. The van der Waals surface area contributed by atoms with Crippen molar-refractivity contribution < 1.29 is 4.74 Å². The molecule has 1 aromatic rings. The molecule has 1 aromatic carbocycles. The van der Waals surface area contributed by atoms with Crippen molar-refractivity contribution in [2.75, 3.05) is 19.4 Å². The van der Waals surface area contributed by atoms with Crippen molar-refractivity contribution in [1.29, 1.82) is 0 Å². The van der Waals surface area contributed by atoms with E-state index in [9.17, 15) is 0 Å². The van der Waals surface area contributed by atoms with Crippen molar-refractivity contribution in [1.82, 2.24) is 5.32 Å². The molecule has 0 radical (unpaired) electrons. The predicted octanol–water partition coefficient (Wildman–Crippen LogP) is 2.21. The first-order valence-corrected chi connectivity index (χ1v) is 5.83. The van der Waals surface area contributed by atoms with Gasteiger partial charge in [-0.1, -0.05) is 13.0 Å². The van der Waals surface area contributed by atoms with Crippen LogP contribution >= 0.6 is 0 Å². The fraction of sp³-hybridized carbons (Fsp3) is 0.538.